The summed E-state index contributed by atoms with van der Waals surface area (Å²) in [7, 11) is 0. The topological polar surface area (TPSA) is 56.8 Å². The average molecular weight is 218 g/mol. The summed E-state index contributed by atoms with van der Waals surface area (Å²) in [5, 5.41) is 0. The fraction of sp³-hybridized carbons (Fsp3) is 0.417. The number of fused-ring (bicyclic) bond motifs is 2. The summed E-state index contributed by atoms with van der Waals surface area (Å²) in [6.45, 7) is 2.67. The SMILES string of the molecule is Cc1ccc2c(c1)C1(CCCOO1)N=C2N. The Morgan fingerprint density at radius 2 is 2.31 bits per heavy atom. The third-order valence-electron chi connectivity index (χ3n) is 3.11. The first kappa shape index (κ1) is 9.81. The van der Waals surface area contributed by atoms with Crippen LogP contribution in [-0.2, 0) is 15.5 Å². The molecule has 2 aliphatic rings. The highest BCUT2D eigenvalue weighted by Gasteiger charge is 2.43. The smallest absolute Gasteiger partial charge is 0.221 e. The number of hydrogen-bond donors (Lipinski definition) is 1. The molecule has 3 rings (SSSR count). The number of rotatable bonds is 0. The van der Waals surface area contributed by atoms with E-state index in [1.165, 1.54) is 5.56 Å². The summed E-state index contributed by atoms with van der Waals surface area (Å²) >= 11 is 0. The van der Waals surface area contributed by atoms with Crippen LogP contribution >= 0.6 is 0 Å². The van der Waals surface area contributed by atoms with Gasteiger partial charge in [0, 0.05) is 17.5 Å². The first-order chi connectivity index (χ1) is 7.71. The number of amidine groups is 1. The van der Waals surface area contributed by atoms with Crippen LogP contribution in [0.5, 0.6) is 0 Å². The van der Waals surface area contributed by atoms with Gasteiger partial charge in [-0.05, 0) is 13.3 Å². The van der Waals surface area contributed by atoms with Crippen molar-refractivity contribution >= 4 is 5.84 Å². The molecule has 1 saturated heterocycles. The van der Waals surface area contributed by atoms with E-state index >= 15 is 0 Å². The highest BCUT2D eigenvalue weighted by molar-refractivity contribution is 6.01. The average Bonchev–Trinajstić information content (AvgIpc) is 2.53. The van der Waals surface area contributed by atoms with E-state index in [9.17, 15) is 0 Å². The number of aryl methyl sites for hydroxylation is 1. The summed E-state index contributed by atoms with van der Waals surface area (Å²) in [6, 6.07) is 6.10. The maximum atomic E-state index is 5.92. The van der Waals surface area contributed by atoms with Crippen LogP contribution in [-0.4, -0.2) is 12.4 Å². The molecular formula is C12H14N2O2. The van der Waals surface area contributed by atoms with Crippen LogP contribution in [0.15, 0.2) is 23.2 Å². The van der Waals surface area contributed by atoms with Crippen molar-refractivity contribution in [3.63, 3.8) is 0 Å². The van der Waals surface area contributed by atoms with Gasteiger partial charge < -0.3 is 5.73 Å². The van der Waals surface area contributed by atoms with Gasteiger partial charge in [-0.2, -0.15) is 0 Å². The van der Waals surface area contributed by atoms with Crippen molar-refractivity contribution in [3.05, 3.63) is 34.9 Å². The Balaban J connectivity index is 2.14. The Hall–Kier alpha value is -1.39. The zero-order chi connectivity index (χ0) is 11.2. The third-order valence-corrected chi connectivity index (χ3v) is 3.11. The molecule has 4 heteroatoms. The van der Waals surface area contributed by atoms with Crippen molar-refractivity contribution in [1.82, 2.24) is 0 Å². The molecule has 0 radical (unpaired) electrons. The fourth-order valence-corrected chi connectivity index (χ4v) is 2.33. The maximum absolute atomic E-state index is 5.92. The molecule has 0 aromatic heterocycles. The van der Waals surface area contributed by atoms with Gasteiger partial charge in [0.2, 0.25) is 5.72 Å². The van der Waals surface area contributed by atoms with Crippen molar-refractivity contribution in [2.75, 3.05) is 6.61 Å². The molecule has 2 N–H and O–H groups in total. The molecular weight excluding hydrogens is 204 g/mol. The van der Waals surface area contributed by atoms with Crippen LogP contribution in [0.4, 0.5) is 0 Å². The van der Waals surface area contributed by atoms with E-state index < -0.39 is 5.72 Å². The molecule has 4 nitrogen and oxygen atoms in total. The molecule has 1 aromatic rings. The molecule has 1 unspecified atom stereocenters. The molecule has 0 bridgehead atoms. The second kappa shape index (κ2) is 3.30. The molecule has 0 aliphatic carbocycles. The summed E-state index contributed by atoms with van der Waals surface area (Å²) in [6.07, 6.45) is 1.76. The van der Waals surface area contributed by atoms with E-state index in [0.29, 0.717) is 12.4 Å². The zero-order valence-corrected chi connectivity index (χ0v) is 9.19. The largest absolute Gasteiger partial charge is 0.383 e. The summed E-state index contributed by atoms with van der Waals surface area (Å²) in [5.74, 6) is 0.542. The number of nitrogens with two attached hydrogens (primary N) is 1. The Labute approximate surface area is 94.0 Å². The van der Waals surface area contributed by atoms with Gasteiger partial charge in [0.05, 0.1) is 6.61 Å². The lowest BCUT2D eigenvalue weighted by Crippen LogP contribution is -2.30. The van der Waals surface area contributed by atoms with Gasteiger partial charge in [-0.3, -0.25) is 0 Å². The van der Waals surface area contributed by atoms with Gasteiger partial charge in [0.15, 0.2) is 0 Å². The Bertz CT molecular complexity index is 462. The fourth-order valence-electron chi connectivity index (χ4n) is 2.33. The molecule has 16 heavy (non-hydrogen) atoms. The lowest BCUT2D eigenvalue weighted by atomic mass is 9.94. The van der Waals surface area contributed by atoms with Gasteiger partial charge in [-0.25, -0.2) is 14.8 Å². The van der Waals surface area contributed by atoms with Gasteiger partial charge in [-0.1, -0.05) is 23.8 Å². The molecule has 1 spiro atoms. The van der Waals surface area contributed by atoms with Gasteiger partial charge in [0.25, 0.3) is 0 Å². The van der Waals surface area contributed by atoms with E-state index in [2.05, 4.69) is 11.1 Å². The minimum absolute atomic E-state index is 0.542. The molecule has 1 fully saturated rings. The number of nitrogens with zero attached hydrogens (tertiary/aromatic N) is 1. The van der Waals surface area contributed by atoms with Crippen LogP contribution in [0, 0.1) is 6.92 Å². The third kappa shape index (κ3) is 1.27. The van der Waals surface area contributed by atoms with Crippen LogP contribution < -0.4 is 5.73 Å². The van der Waals surface area contributed by atoms with Crippen LogP contribution in [0.3, 0.4) is 0 Å². The van der Waals surface area contributed by atoms with Crippen molar-refractivity contribution < 1.29 is 9.78 Å². The van der Waals surface area contributed by atoms with Crippen molar-refractivity contribution in [3.8, 4) is 0 Å². The lowest BCUT2D eigenvalue weighted by Gasteiger charge is -2.30. The Morgan fingerprint density at radius 3 is 3.06 bits per heavy atom. The van der Waals surface area contributed by atoms with Gasteiger partial charge in [-0.15, -0.1) is 0 Å². The molecule has 1 aromatic carbocycles. The van der Waals surface area contributed by atoms with E-state index in [1.807, 2.05) is 19.1 Å². The molecule has 1 atom stereocenters. The van der Waals surface area contributed by atoms with Crippen molar-refractivity contribution in [1.29, 1.82) is 0 Å². The summed E-state index contributed by atoms with van der Waals surface area (Å²) in [4.78, 5) is 14.9. The van der Waals surface area contributed by atoms with Crippen molar-refractivity contribution in [2.45, 2.75) is 25.5 Å². The van der Waals surface area contributed by atoms with Crippen molar-refractivity contribution in [2.24, 2.45) is 10.7 Å². The van der Waals surface area contributed by atoms with Crippen LogP contribution in [0.1, 0.15) is 29.5 Å². The molecule has 0 saturated carbocycles. The normalized spacial score (nSPS) is 27.9. The Kier molecular flexibility index (Phi) is 2.02. The summed E-state index contributed by atoms with van der Waals surface area (Å²) < 4.78 is 0. The van der Waals surface area contributed by atoms with Crippen LogP contribution in [0.2, 0.25) is 0 Å². The number of aliphatic imine (C=N–C) groups is 1. The van der Waals surface area contributed by atoms with E-state index in [-0.39, 0.29) is 0 Å². The second-order valence-electron chi connectivity index (χ2n) is 4.34. The Morgan fingerprint density at radius 1 is 1.44 bits per heavy atom. The monoisotopic (exact) mass is 218 g/mol. The highest BCUT2D eigenvalue weighted by atomic mass is 17.2. The first-order valence-corrected chi connectivity index (χ1v) is 5.49. The quantitative estimate of drug-likeness (QED) is 0.673. The minimum atomic E-state index is -0.691. The first-order valence-electron chi connectivity index (χ1n) is 5.49. The van der Waals surface area contributed by atoms with E-state index in [4.69, 9.17) is 15.5 Å². The molecule has 84 valence electrons. The predicted octanol–water partition coefficient (Wildman–Crippen LogP) is 1.61. The van der Waals surface area contributed by atoms with Crippen LogP contribution in [0.25, 0.3) is 0 Å². The minimum Gasteiger partial charge on any atom is -0.383 e. The number of hydrogen-bond acceptors (Lipinski definition) is 4. The van der Waals surface area contributed by atoms with Gasteiger partial charge >= 0.3 is 0 Å². The van der Waals surface area contributed by atoms with Gasteiger partial charge in [0.1, 0.15) is 5.84 Å². The highest BCUT2D eigenvalue weighted by Crippen LogP contribution is 2.41. The summed E-state index contributed by atoms with van der Waals surface area (Å²) in [5.41, 5.74) is 8.40. The second-order valence-corrected chi connectivity index (χ2v) is 4.34. The van der Waals surface area contributed by atoms with E-state index in [0.717, 1.165) is 24.0 Å². The molecule has 2 heterocycles. The molecule has 2 aliphatic heterocycles. The predicted molar refractivity (Wildman–Crippen MR) is 59.9 cm³/mol. The zero-order valence-electron chi connectivity index (χ0n) is 9.19. The number of benzene rings is 1. The van der Waals surface area contributed by atoms with E-state index in [1.54, 1.807) is 0 Å². The standard InChI is InChI=1S/C12H14N2O2/c1-8-3-4-9-10(7-8)12(14-11(9)13)5-2-6-15-16-12/h3-4,7H,2,5-6H2,1H3,(H2,13,14). The molecule has 0 amide bonds. The maximum Gasteiger partial charge on any atom is 0.221 e. The lowest BCUT2D eigenvalue weighted by molar-refractivity contribution is -0.386.